The van der Waals surface area contributed by atoms with E-state index in [0.29, 0.717) is 25.8 Å². The molecule has 0 N–H and O–H groups in total. The Bertz CT molecular complexity index is 1080. The van der Waals surface area contributed by atoms with Gasteiger partial charge in [-0.15, -0.1) is 0 Å². The van der Waals surface area contributed by atoms with Gasteiger partial charge in [-0.05, 0) is 50.2 Å². The predicted octanol–water partition coefficient (Wildman–Crippen LogP) is 5.32. The summed E-state index contributed by atoms with van der Waals surface area (Å²) in [6, 6.07) is 13.7. The fourth-order valence-electron chi connectivity index (χ4n) is 5.38. The highest BCUT2D eigenvalue weighted by atomic mass is 19.1. The Labute approximate surface area is 183 Å². The minimum atomic E-state index is -0.887. The van der Waals surface area contributed by atoms with Crippen molar-refractivity contribution in [3.05, 3.63) is 70.7 Å². The van der Waals surface area contributed by atoms with Crippen molar-refractivity contribution in [1.82, 2.24) is 9.47 Å². The molecule has 164 valence electrons. The van der Waals surface area contributed by atoms with Gasteiger partial charge in [0.1, 0.15) is 5.82 Å². The molecule has 0 saturated carbocycles. The minimum Gasteiger partial charge on any atom is -0.342 e. The first kappa shape index (κ1) is 20.7. The monoisotopic (exact) mass is 422 g/mol. The third-order valence-corrected chi connectivity index (χ3v) is 6.90. The zero-order valence-electron chi connectivity index (χ0n) is 18.7. The lowest BCUT2D eigenvalue weighted by atomic mass is 9.92. The standard InChI is InChI=1S/C26H31FN2O2/c1-4-5-23-25-21-16-18(2)6-11-22(21)29(24(25)12-13-28(23)3)17-26(30-14-15-31-26)19-7-9-20(27)10-8-19/h6-11,16,23H,4-5,12-15,17H2,1-3H3. The van der Waals surface area contributed by atoms with Gasteiger partial charge in [-0.25, -0.2) is 4.39 Å². The highest BCUT2D eigenvalue weighted by Crippen LogP contribution is 2.42. The van der Waals surface area contributed by atoms with Gasteiger partial charge >= 0.3 is 0 Å². The molecule has 2 aliphatic rings. The molecular formula is C26H31FN2O2. The maximum atomic E-state index is 13.6. The Balaban J connectivity index is 1.67. The molecule has 0 aliphatic carbocycles. The molecule has 31 heavy (non-hydrogen) atoms. The normalized spacial score (nSPS) is 21.0. The number of rotatable bonds is 5. The van der Waals surface area contributed by atoms with E-state index in [1.54, 1.807) is 12.1 Å². The summed E-state index contributed by atoms with van der Waals surface area (Å²) in [4.78, 5) is 2.50. The third-order valence-electron chi connectivity index (χ3n) is 6.90. The lowest BCUT2D eigenvalue weighted by Gasteiger charge is -2.35. The quantitative estimate of drug-likeness (QED) is 0.557. The van der Waals surface area contributed by atoms with Crippen LogP contribution in [0, 0.1) is 12.7 Å². The molecule has 0 spiro atoms. The molecule has 0 amide bonds. The van der Waals surface area contributed by atoms with Crippen LogP contribution >= 0.6 is 0 Å². The van der Waals surface area contributed by atoms with Gasteiger partial charge in [0, 0.05) is 41.2 Å². The summed E-state index contributed by atoms with van der Waals surface area (Å²) in [6.45, 7) is 7.11. The Morgan fingerprint density at radius 3 is 2.55 bits per heavy atom. The molecule has 5 heteroatoms. The van der Waals surface area contributed by atoms with Gasteiger partial charge in [0.25, 0.3) is 0 Å². The van der Waals surface area contributed by atoms with E-state index in [0.717, 1.165) is 31.4 Å². The van der Waals surface area contributed by atoms with Crippen molar-refractivity contribution < 1.29 is 13.9 Å². The van der Waals surface area contributed by atoms with Crippen molar-refractivity contribution in [2.45, 2.75) is 51.5 Å². The zero-order valence-corrected chi connectivity index (χ0v) is 18.7. The van der Waals surface area contributed by atoms with E-state index in [2.05, 4.69) is 48.6 Å². The van der Waals surface area contributed by atoms with Crippen LogP contribution in [-0.4, -0.2) is 36.3 Å². The van der Waals surface area contributed by atoms with E-state index < -0.39 is 5.79 Å². The SMILES string of the molecule is CCCC1c2c(n(CC3(c4ccc(F)cc4)OCCO3)c3ccc(C)cc23)CCN1C. The number of halogens is 1. The van der Waals surface area contributed by atoms with Crippen molar-refractivity contribution in [1.29, 1.82) is 0 Å². The van der Waals surface area contributed by atoms with Crippen LogP contribution in [0.15, 0.2) is 42.5 Å². The van der Waals surface area contributed by atoms with Crippen LogP contribution in [0.4, 0.5) is 4.39 Å². The van der Waals surface area contributed by atoms with Crippen molar-refractivity contribution in [2.75, 3.05) is 26.8 Å². The Morgan fingerprint density at radius 2 is 1.84 bits per heavy atom. The molecule has 5 rings (SSSR count). The lowest BCUT2D eigenvalue weighted by molar-refractivity contribution is -0.175. The molecule has 3 heterocycles. The topological polar surface area (TPSA) is 26.6 Å². The van der Waals surface area contributed by atoms with Crippen LogP contribution < -0.4 is 0 Å². The molecule has 4 nitrogen and oxygen atoms in total. The molecule has 1 atom stereocenters. The van der Waals surface area contributed by atoms with E-state index >= 15 is 0 Å². The average Bonchev–Trinajstić information content (AvgIpc) is 3.35. The van der Waals surface area contributed by atoms with E-state index in [4.69, 9.17) is 9.47 Å². The summed E-state index contributed by atoms with van der Waals surface area (Å²) in [6.07, 6.45) is 3.30. The molecule has 2 aromatic carbocycles. The van der Waals surface area contributed by atoms with Gasteiger partial charge in [-0.1, -0.05) is 37.1 Å². The summed E-state index contributed by atoms with van der Waals surface area (Å²) in [7, 11) is 2.24. The first-order valence-corrected chi connectivity index (χ1v) is 11.4. The summed E-state index contributed by atoms with van der Waals surface area (Å²) < 4.78 is 28.5. The van der Waals surface area contributed by atoms with Gasteiger partial charge in [0.05, 0.1) is 19.8 Å². The van der Waals surface area contributed by atoms with Crippen LogP contribution in [0.2, 0.25) is 0 Å². The van der Waals surface area contributed by atoms with Crippen LogP contribution in [0.3, 0.4) is 0 Å². The fourth-order valence-corrected chi connectivity index (χ4v) is 5.38. The molecule has 1 unspecified atom stereocenters. The fraction of sp³-hybridized carbons (Fsp3) is 0.462. The van der Waals surface area contributed by atoms with Crippen molar-refractivity contribution in [3.63, 3.8) is 0 Å². The highest BCUT2D eigenvalue weighted by molar-refractivity contribution is 5.87. The first-order chi connectivity index (χ1) is 15.0. The maximum Gasteiger partial charge on any atom is 0.213 e. The Morgan fingerprint density at radius 1 is 1.10 bits per heavy atom. The van der Waals surface area contributed by atoms with Gasteiger partial charge < -0.3 is 14.0 Å². The molecule has 1 aromatic heterocycles. The molecule has 2 aliphatic heterocycles. The Kier molecular flexibility index (Phi) is 5.37. The number of fused-ring (bicyclic) bond motifs is 3. The Hall–Kier alpha value is -2.21. The van der Waals surface area contributed by atoms with Crippen molar-refractivity contribution in [2.24, 2.45) is 0 Å². The van der Waals surface area contributed by atoms with Gasteiger partial charge in [-0.3, -0.25) is 4.90 Å². The maximum absolute atomic E-state index is 13.6. The van der Waals surface area contributed by atoms with Gasteiger partial charge in [0.2, 0.25) is 5.79 Å². The number of nitrogens with zero attached hydrogens (tertiary/aromatic N) is 2. The van der Waals surface area contributed by atoms with Gasteiger partial charge in [0.15, 0.2) is 0 Å². The third kappa shape index (κ3) is 3.49. The average molecular weight is 423 g/mol. The van der Waals surface area contributed by atoms with Crippen LogP contribution in [0.1, 0.15) is 48.2 Å². The van der Waals surface area contributed by atoms with E-state index in [9.17, 15) is 4.39 Å². The number of likely N-dealkylation sites (N-methyl/N-ethyl adjacent to an activating group) is 1. The highest BCUT2D eigenvalue weighted by Gasteiger charge is 2.41. The summed E-state index contributed by atoms with van der Waals surface area (Å²) in [5.74, 6) is -1.14. The number of hydrogen-bond donors (Lipinski definition) is 0. The number of aromatic nitrogens is 1. The number of benzene rings is 2. The molecule has 0 bridgehead atoms. The summed E-state index contributed by atoms with van der Waals surface area (Å²) >= 11 is 0. The first-order valence-electron chi connectivity index (χ1n) is 11.4. The molecular weight excluding hydrogens is 391 g/mol. The number of aryl methyl sites for hydroxylation is 1. The lowest BCUT2D eigenvalue weighted by Crippen LogP contribution is -2.36. The van der Waals surface area contributed by atoms with E-state index in [1.165, 1.54) is 39.9 Å². The van der Waals surface area contributed by atoms with Crippen LogP contribution in [0.25, 0.3) is 10.9 Å². The molecule has 1 fully saturated rings. The van der Waals surface area contributed by atoms with E-state index in [-0.39, 0.29) is 5.82 Å². The largest absolute Gasteiger partial charge is 0.342 e. The molecule has 0 radical (unpaired) electrons. The van der Waals surface area contributed by atoms with E-state index in [1.807, 2.05) is 0 Å². The second-order valence-electron chi connectivity index (χ2n) is 8.96. The summed E-state index contributed by atoms with van der Waals surface area (Å²) in [5.41, 5.74) is 6.22. The second-order valence-corrected chi connectivity index (χ2v) is 8.96. The molecule has 1 saturated heterocycles. The van der Waals surface area contributed by atoms with Crippen LogP contribution in [-0.2, 0) is 28.2 Å². The van der Waals surface area contributed by atoms with Crippen molar-refractivity contribution >= 4 is 10.9 Å². The smallest absolute Gasteiger partial charge is 0.213 e. The summed E-state index contributed by atoms with van der Waals surface area (Å²) in [5, 5.41) is 1.34. The van der Waals surface area contributed by atoms with Crippen LogP contribution in [0.5, 0.6) is 0 Å². The number of hydrogen-bond acceptors (Lipinski definition) is 3. The minimum absolute atomic E-state index is 0.249. The number of ether oxygens (including phenoxy) is 2. The second kappa shape index (κ2) is 8.05. The van der Waals surface area contributed by atoms with Crippen molar-refractivity contribution in [3.8, 4) is 0 Å². The predicted molar refractivity (Wildman–Crippen MR) is 121 cm³/mol. The molecule has 3 aromatic rings. The van der Waals surface area contributed by atoms with Gasteiger partial charge in [-0.2, -0.15) is 0 Å². The zero-order chi connectivity index (χ0) is 21.6.